The molecule has 0 saturated heterocycles. The fourth-order valence-corrected chi connectivity index (χ4v) is 1.64. The van der Waals surface area contributed by atoms with Crippen molar-refractivity contribution >= 4 is 0 Å². The summed E-state index contributed by atoms with van der Waals surface area (Å²) in [5.41, 5.74) is 0. The second-order valence-corrected chi connectivity index (χ2v) is 3.86. The van der Waals surface area contributed by atoms with Gasteiger partial charge in [0.15, 0.2) is 0 Å². The van der Waals surface area contributed by atoms with Crippen LogP contribution in [0, 0.1) is 0 Å². The zero-order valence-electron chi connectivity index (χ0n) is 10.3. The summed E-state index contributed by atoms with van der Waals surface area (Å²) in [5, 5.41) is 3.56. The van der Waals surface area contributed by atoms with E-state index < -0.39 is 0 Å². The molecule has 1 N–H and O–H groups in total. The smallest absolute Gasteiger partial charge is 0.0699 e. The van der Waals surface area contributed by atoms with Gasteiger partial charge in [0, 0.05) is 12.6 Å². The predicted molar refractivity (Wildman–Crippen MR) is 62.7 cm³/mol. The summed E-state index contributed by atoms with van der Waals surface area (Å²) in [7, 11) is 0. The molecule has 2 nitrogen and oxygen atoms in total. The minimum Gasteiger partial charge on any atom is -0.377 e. The van der Waals surface area contributed by atoms with Crippen LogP contribution in [0.15, 0.2) is 0 Å². The summed E-state index contributed by atoms with van der Waals surface area (Å²) in [6.45, 7) is 10.6. The van der Waals surface area contributed by atoms with Crippen molar-refractivity contribution in [2.45, 2.75) is 65.5 Å². The van der Waals surface area contributed by atoms with Crippen molar-refractivity contribution in [2.75, 3.05) is 13.2 Å². The van der Waals surface area contributed by atoms with Gasteiger partial charge in [-0.2, -0.15) is 0 Å². The van der Waals surface area contributed by atoms with E-state index in [4.69, 9.17) is 4.74 Å². The quantitative estimate of drug-likeness (QED) is 0.619. The Morgan fingerprint density at radius 3 is 2.36 bits per heavy atom. The molecule has 2 atom stereocenters. The first-order chi connectivity index (χ1) is 6.76. The molecule has 2 heteroatoms. The maximum atomic E-state index is 5.64. The molecule has 0 aliphatic rings. The van der Waals surface area contributed by atoms with Gasteiger partial charge in [-0.15, -0.1) is 0 Å². The highest BCUT2D eigenvalue weighted by Crippen LogP contribution is 2.08. The van der Waals surface area contributed by atoms with E-state index in [-0.39, 0.29) is 0 Å². The molecule has 0 heterocycles. The van der Waals surface area contributed by atoms with Crippen LogP contribution in [0.2, 0.25) is 0 Å². The highest BCUT2D eigenvalue weighted by atomic mass is 16.5. The van der Waals surface area contributed by atoms with Gasteiger partial charge in [-0.3, -0.25) is 0 Å². The third-order valence-corrected chi connectivity index (χ3v) is 2.52. The Balaban J connectivity index is 3.81. The number of ether oxygens (including phenoxy) is 1. The average molecular weight is 201 g/mol. The number of nitrogens with one attached hydrogen (secondary N) is 1. The lowest BCUT2D eigenvalue weighted by molar-refractivity contribution is 0.0447. The number of rotatable bonds is 9. The van der Waals surface area contributed by atoms with Crippen LogP contribution in [0.1, 0.15) is 53.4 Å². The van der Waals surface area contributed by atoms with Gasteiger partial charge in [0.1, 0.15) is 0 Å². The zero-order valence-corrected chi connectivity index (χ0v) is 10.3. The number of hydrogen-bond acceptors (Lipinski definition) is 2. The maximum Gasteiger partial charge on any atom is 0.0699 e. The van der Waals surface area contributed by atoms with Gasteiger partial charge in [-0.1, -0.05) is 26.7 Å². The molecule has 0 spiro atoms. The van der Waals surface area contributed by atoms with Gasteiger partial charge in [-0.05, 0) is 33.2 Å². The van der Waals surface area contributed by atoms with Crippen molar-refractivity contribution in [2.24, 2.45) is 0 Å². The van der Waals surface area contributed by atoms with Gasteiger partial charge in [0.25, 0.3) is 0 Å². The Morgan fingerprint density at radius 2 is 1.86 bits per heavy atom. The molecule has 0 amide bonds. The fourth-order valence-electron chi connectivity index (χ4n) is 1.64. The summed E-state index contributed by atoms with van der Waals surface area (Å²) in [6.07, 6.45) is 5.33. The molecule has 0 bridgehead atoms. The third-order valence-electron chi connectivity index (χ3n) is 2.52. The van der Waals surface area contributed by atoms with Crippen molar-refractivity contribution in [3.8, 4) is 0 Å². The Hall–Kier alpha value is -0.0800. The summed E-state index contributed by atoms with van der Waals surface area (Å²) >= 11 is 0. The second-order valence-electron chi connectivity index (χ2n) is 3.86. The first kappa shape index (κ1) is 13.9. The number of hydrogen-bond donors (Lipinski definition) is 1. The van der Waals surface area contributed by atoms with Crippen LogP contribution in [0.25, 0.3) is 0 Å². The monoisotopic (exact) mass is 201 g/mol. The molecular formula is C12H27NO. The van der Waals surface area contributed by atoms with Crippen LogP contribution in [-0.4, -0.2) is 25.3 Å². The highest BCUT2D eigenvalue weighted by molar-refractivity contribution is 4.73. The van der Waals surface area contributed by atoms with Crippen LogP contribution in [0.4, 0.5) is 0 Å². The van der Waals surface area contributed by atoms with E-state index in [0.29, 0.717) is 12.1 Å². The lowest BCUT2D eigenvalue weighted by atomic mass is 10.1. The first-order valence-corrected chi connectivity index (χ1v) is 6.11. The van der Waals surface area contributed by atoms with E-state index >= 15 is 0 Å². The largest absolute Gasteiger partial charge is 0.377 e. The normalized spacial score (nSPS) is 15.4. The van der Waals surface area contributed by atoms with Crippen molar-refractivity contribution in [3.05, 3.63) is 0 Å². The molecule has 14 heavy (non-hydrogen) atoms. The van der Waals surface area contributed by atoms with Crippen LogP contribution >= 0.6 is 0 Å². The molecule has 0 radical (unpaired) electrons. The van der Waals surface area contributed by atoms with Crippen molar-refractivity contribution in [1.29, 1.82) is 0 Å². The lowest BCUT2D eigenvalue weighted by Gasteiger charge is -2.25. The zero-order chi connectivity index (χ0) is 10.8. The standard InChI is InChI=1S/C12H27NO/c1-5-8-9-12(13-10-6-2)11(4)14-7-3/h11-13H,5-10H2,1-4H3. The predicted octanol–water partition coefficient (Wildman–Crippen LogP) is 2.97. The first-order valence-electron chi connectivity index (χ1n) is 6.11. The van der Waals surface area contributed by atoms with Gasteiger partial charge in [-0.25, -0.2) is 0 Å². The van der Waals surface area contributed by atoms with Gasteiger partial charge >= 0.3 is 0 Å². The van der Waals surface area contributed by atoms with E-state index in [1.54, 1.807) is 0 Å². The Bertz CT molecular complexity index is 109. The maximum absolute atomic E-state index is 5.64. The third kappa shape index (κ3) is 6.39. The van der Waals surface area contributed by atoms with E-state index in [2.05, 4.69) is 33.0 Å². The summed E-state index contributed by atoms with van der Waals surface area (Å²) < 4.78 is 5.64. The summed E-state index contributed by atoms with van der Waals surface area (Å²) in [4.78, 5) is 0. The molecular weight excluding hydrogens is 174 g/mol. The highest BCUT2D eigenvalue weighted by Gasteiger charge is 2.15. The molecule has 0 aromatic heterocycles. The Kier molecular flexibility index (Phi) is 9.42. The van der Waals surface area contributed by atoms with Crippen LogP contribution in [-0.2, 0) is 4.74 Å². The molecule has 0 aromatic rings. The topological polar surface area (TPSA) is 21.3 Å². The van der Waals surface area contributed by atoms with Crippen LogP contribution < -0.4 is 5.32 Å². The summed E-state index contributed by atoms with van der Waals surface area (Å²) in [6, 6.07) is 0.537. The van der Waals surface area contributed by atoms with Crippen molar-refractivity contribution in [1.82, 2.24) is 5.32 Å². The van der Waals surface area contributed by atoms with Gasteiger partial charge < -0.3 is 10.1 Å². The van der Waals surface area contributed by atoms with E-state index in [0.717, 1.165) is 13.2 Å². The van der Waals surface area contributed by atoms with E-state index in [1.807, 2.05) is 0 Å². The Morgan fingerprint density at radius 1 is 1.14 bits per heavy atom. The minimum atomic E-state index is 0.345. The summed E-state index contributed by atoms with van der Waals surface area (Å²) in [5.74, 6) is 0. The molecule has 0 aromatic carbocycles. The SMILES string of the molecule is CCCCC(NCCC)C(C)OCC. The second kappa shape index (κ2) is 9.47. The van der Waals surface area contributed by atoms with Crippen LogP contribution in [0.3, 0.4) is 0 Å². The van der Waals surface area contributed by atoms with Crippen molar-refractivity contribution in [3.63, 3.8) is 0 Å². The lowest BCUT2D eigenvalue weighted by Crippen LogP contribution is -2.40. The fraction of sp³-hybridized carbons (Fsp3) is 1.00. The van der Waals surface area contributed by atoms with Crippen molar-refractivity contribution < 1.29 is 4.74 Å². The van der Waals surface area contributed by atoms with Crippen LogP contribution in [0.5, 0.6) is 0 Å². The van der Waals surface area contributed by atoms with Gasteiger partial charge in [0.05, 0.1) is 6.10 Å². The molecule has 0 fully saturated rings. The molecule has 0 rings (SSSR count). The molecule has 0 saturated carbocycles. The minimum absolute atomic E-state index is 0.345. The number of unbranched alkanes of at least 4 members (excludes halogenated alkanes) is 1. The molecule has 0 aliphatic carbocycles. The van der Waals surface area contributed by atoms with E-state index in [9.17, 15) is 0 Å². The van der Waals surface area contributed by atoms with Gasteiger partial charge in [0.2, 0.25) is 0 Å². The molecule has 2 unspecified atom stereocenters. The molecule has 0 aliphatic heterocycles. The Labute approximate surface area is 89.4 Å². The van der Waals surface area contributed by atoms with E-state index in [1.165, 1.54) is 25.7 Å². The molecule has 86 valence electrons. The average Bonchev–Trinajstić information content (AvgIpc) is 2.18.